The second kappa shape index (κ2) is 8.98. The zero-order chi connectivity index (χ0) is 18.4. The molecule has 0 aliphatic rings. The van der Waals surface area contributed by atoms with E-state index in [2.05, 4.69) is 26.4 Å². The molecule has 6 nitrogen and oxygen atoms in total. The van der Waals surface area contributed by atoms with E-state index in [0.29, 0.717) is 18.0 Å². The van der Waals surface area contributed by atoms with Crippen molar-refractivity contribution in [2.24, 2.45) is 0 Å². The summed E-state index contributed by atoms with van der Waals surface area (Å²) in [4.78, 5) is 13.0. The summed E-state index contributed by atoms with van der Waals surface area (Å²) >= 11 is 4.98. The van der Waals surface area contributed by atoms with E-state index in [1.807, 2.05) is 41.8 Å². The summed E-state index contributed by atoms with van der Waals surface area (Å²) in [6, 6.07) is 11.4. The molecule has 3 aromatic rings. The second-order valence-electron chi connectivity index (χ2n) is 5.39. The van der Waals surface area contributed by atoms with E-state index in [9.17, 15) is 4.79 Å². The van der Waals surface area contributed by atoms with E-state index in [0.717, 1.165) is 20.7 Å². The Morgan fingerprint density at radius 1 is 1.35 bits per heavy atom. The van der Waals surface area contributed by atoms with Crippen LogP contribution in [0.4, 0.5) is 0 Å². The fourth-order valence-electron chi connectivity index (χ4n) is 2.29. The minimum absolute atomic E-state index is 0.0580. The molecule has 26 heavy (non-hydrogen) atoms. The van der Waals surface area contributed by atoms with Crippen LogP contribution in [0.2, 0.25) is 0 Å². The molecule has 0 bridgehead atoms. The van der Waals surface area contributed by atoms with Crippen LogP contribution >= 0.6 is 27.3 Å². The highest BCUT2D eigenvalue weighted by Crippen LogP contribution is 2.25. The van der Waals surface area contributed by atoms with E-state index >= 15 is 0 Å². The molecule has 0 saturated carbocycles. The third kappa shape index (κ3) is 4.94. The Hall–Kier alpha value is -2.16. The summed E-state index contributed by atoms with van der Waals surface area (Å²) in [6.45, 7) is 0.511. The lowest BCUT2D eigenvalue weighted by molar-refractivity contribution is -0.126. The molecule has 0 radical (unpaired) electrons. The van der Waals surface area contributed by atoms with Crippen LogP contribution in [0.15, 0.2) is 50.8 Å². The Kier molecular flexibility index (Phi) is 6.43. The maximum Gasteiger partial charge on any atom is 0.246 e. The van der Waals surface area contributed by atoms with Crippen molar-refractivity contribution in [3.63, 3.8) is 0 Å². The number of thiophene rings is 1. The lowest BCUT2D eigenvalue weighted by Crippen LogP contribution is -2.27. The molecule has 0 aliphatic heterocycles. The minimum Gasteiger partial charge on any atom is -0.496 e. The SMILES string of the molecule is COc1ccc(Br)cc1CNC(=O)COCc1cc(-c2cccs2)on1. The zero-order valence-corrected chi connectivity index (χ0v) is 16.4. The Labute approximate surface area is 163 Å². The minimum atomic E-state index is -0.214. The Morgan fingerprint density at radius 2 is 2.23 bits per heavy atom. The molecule has 0 atom stereocenters. The number of methoxy groups -OCH3 is 1. The van der Waals surface area contributed by atoms with Crippen molar-refractivity contribution in [1.29, 1.82) is 0 Å². The number of benzene rings is 1. The maximum atomic E-state index is 12.0. The first-order valence-electron chi connectivity index (χ1n) is 7.82. The normalized spacial score (nSPS) is 10.7. The number of amides is 1. The van der Waals surface area contributed by atoms with Gasteiger partial charge in [0.2, 0.25) is 5.91 Å². The summed E-state index contributed by atoms with van der Waals surface area (Å²) in [5, 5.41) is 8.73. The van der Waals surface area contributed by atoms with Crippen LogP contribution in [0.25, 0.3) is 10.6 Å². The maximum absolute atomic E-state index is 12.0. The highest BCUT2D eigenvalue weighted by atomic mass is 79.9. The van der Waals surface area contributed by atoms with Crippen LogP contribution in [0.1, 0.15) is 11.3 Å². The van der Waals surface area contributed by atoms with Gasteiger partial charge >= 0.3 is 0 Å². The first-order valence-corrected chi connectivity index (χ1v) is 9.49. The number of nitrogens with zero attached hydrogens (tertiary/aromatic N) is 1. The molecule has 2 heterocycles. The fraction of sp³-hybridized carbons (Fsp3) is 0.222. The van der Waals surface area contributed by atoms with Gasteiger partial charge < -0.3 is 19.3 Å². The molecule has 3 rings (SSSR count). The number of aromatic nitrogens is 1. The molecular weight excluding hydrogens is 420 g/mol. The van der Waals surface area contributed by atoms with Crippen molar-refractivity contribution >= 4 is 33.2 Å². The molecule has 1 amide bonds. The Morgan fingerprint density at radius 3 is 3.00 bits per heavy atom. The topological polar surface area (TPSA) is 73.6 Å². The average Bonchev–Trinajstić information content (AvgIpc) is 3.31. The largest absolute Gasteiger partial charge is 0.496 e. The van der Waals surface area contributed by atoms with Crippen LogP contribution in [0, 0.1) is 0 Å². The van der Waals surface area contributed by atoms with Gasteiger partial charge in [0.1, 0.15) is 18.1 Å². The van der Waals surface area contributed by atoms with Gasteiger partial charge in [-0.1, -0.05) is 27.2 Å². The van der Waals surface area contributed by atoms with Crippen LogP contribution in [-0.2, 0) is 22.7 Å². The molecule has 0 saturated heterocycles. The van der Waals surface area contributed by atoms with Crippen LogP contribution in [0.5, 0.6) is 5.75 Å². The van der Waals surface area contributed by atoms with Crippen LogP contribution in [0.3, 0.4) is 0 Å². The van der Waals surface area contributed by atoms with Crippen LogP contribution in [-0.4, -0.2) is 24.8 Å². The van der Waals surface area contributed by atoms with Gasteiger partial charge in [-0.05, 0) is 29.6 Å². The van der Waals surface area contributed by atoms with E-state index < -0.39 is 0 Å². The van der Waals surface area contributed by atoms with Crippen molar-refractivity contribution < 1.29 is 18.8 Å². The number of hydrogen-bond acceptors (Lipinski definition) is 6. The predicted octanol–water partition coefficient (Wildman–Crippen LogP) is 4.01. The van der Waals surface area contributed by atoms with Crippen molar-refractivity contribution in [2.75, 3.05) is 13.7 Å². The lowest BCUT2D eigenvalue weighted by Gasteiger charge is -2.10. The number of nitrogens with one attached hydrogen (secondary N) is 1. The third-order valence-corrected chi connectivity index (χ3v) is 4.90. The summed E-state index contributed by atoms with van der Waals surface area (Å²) < 4.78 is 16.9. The van der Waals surface area contributed by atoms with Crippen LogP contribution < -0.4 is 10.1 Å². The van der Waals surface area contributed by atoms with Gasteiger partial charge in [-0.25, -0.2) is 0 Å². The Balaban J connectivity index is 1.44. The molecule has 136 valence electrons. The molecular formula is C18H17BrN2O4S. The highest BCUT2D eigenvalue weighted by molar-refractivity contribution is 9.10. The van der Waals surface area contributed by atoms with Crippen molar-refractivity contribution in [1.82, 2.24) is 10.5 Å². The summed E-state index contributed by atoms with van der Waals surface area (Å²) in [6.07, 6.45) is 0. The third-order valence-electron chi connectivity index (χ3n) is 3.52. The molecule has 0 fully saturated rings. The number of hydrogen-bond donors (Lipinski definition) is 1. The summed E-state index contributed by atoms with van der Waals surface area (Å²) in [7, 11) is 1.60. The van der Waals surface area contributed by atoms with Crippen molar-refractivity contribution in [3.05, 3.63) is 57.5 Å². The second-order valence-corrected chi connectivity index (χ2v) is 7.25. The van der Waals surface area contributed by atoms with Gasteiger partial charge in [-0.3, -0.25) is 4.79 Å². The number of rotatable bonds is 8. The van der Waals surface area contributed by atoms with E-state index in [1.54, 1.807) is 18.4 Å². The number of carbonyl (C=O) groups excluding carboxylic acids is 1. The molecule has 0 spiro atoms. The lowest BCUT2D eigenvalue weighted by atomic mass is 10.2. The van der Waals surface area contributed by atoms with Crippen molar-refractivity contribution in [2.45, 2.75) is 13.2 Å². The first-order chi connectivity index (χ1) is 12.7. The molecule has 1 aromatic carbocycles. The predicted molar refractivity (Wildman–Crippen MR) is 102 cm³/mol. The molecule has 1 N–H and O–H groups in total. The van der Waals surface area contributed by atoms with Gasteiger partial charge in [-0.2, -0.15) is 0 Å². The van der Waals surface area contributed by atoms with E-state index in [1.165, 1.54) is 0 Å². The standard InChI is InChI=1S/C18H17BrN2O4S/c1-23-15-5-4-13(19)7-12(15)9-20-18(22)11-24-10-14-8-16(25-21-14)17-3-2-6-26-17/h2-8H,9-11H2,1H3,(H,20,22). The smallest absolute Gasteiger partial charge is 0.246 e. The molecule has 8 heteroatoms. The number of ether oxygens (including phenoxy) is 2. The van der Waals surface area contributed by atoms with E-state index in [4.69, 9.17) is 14.0 Å². The number of halogens is 1. The van der Waals surface area contributed by atoms with Gasteiger partial charge in [0.25, 0.3) is 0 Å². The number of carbonyl (C=O) groups is 1. The quantitative estimate of drug-likeness (QED) is 0.577. The van der Waals surface area contributed by atoms with Gasteiger partial charge in [0.15, 0.2) is 5.76 Å². The zero-order valence-electron chi connectivity index (χ0n) is 14.0. The van der Waals surface area contributed by atoms with Gasteiger partial charge in [0, 0.05) is 22.6 Å². The molecule has 2 aromatic heterocycles. The van der Waals surface area contributed by atoms with Crippen molar-refractivity contribution in [3.8, 4) is 16.4 Å². The Bertz CT molecular complexity index is 864. The average molecular weight is 437 g/mol. The highest BCUT2D eigenvalue weighted by Gasteiger charge is 2.10. The first kappa shape index (κ1) is 18.6. The van der Waals surface area contributed by atoms with Gasteiger partial charge in [-0.15, -0.1) is 11.3 Å². The molecule has 0 unspecified atom stereocenters. The van der Waals surface area contributed by atoms with E-state index in [-0.39, 0.29) is 19.1 Å². The summed E-state index contributed by atoms with van der Waals surface area (Å²) in [5.41, 5.74) is 1.53. The summed E-state index contributed by atoms with van der Waals surface area (Å²) in [5.74, 6) is 1.21. The van der Waals surface area contributed by atoms with Gasteiger partial charge in [0.05, 0.1) is 18.6 Å². The molecule has 0 aliphatic carbocycles. The monoisotopic (exact) mass is 436 g/mol. The fourth-order valence-corrected chi connectivity index (χ4v) is 3.37.